The summed E-state index contributed by atoms with van der Waals surface area (Å²) in [6, 6.07) is 60.8. The molecule has 5 aromatic heterocycles. The lowest BCUT2D eigenvalue weighted by molar-refractivity contribution is 0.669. The summed E-state index contributed by atoms with van der Waals surface area (Å²) >= 11 is 0. The summed E-state index contributed by atoms with van der Waals surface area (Å²) in [6.45, 7) is 0. The van der Waals surface area contributed by atoms with Crippen molar-refractivity contribution in [3.8, 4) is 27.9 Å². The molecule has 0 amide bonds. The molecule has 0 aliphatic rings. The highest BCUT2D eigenvalue weighted by Gasteiger charge is 2.20. The number of hydrogen-bond donors (Lipinski definition) is 0. The zero-order chi connectivity index (χ0) is 35.8. The number of rotatable bonds is 3. The third-order valence-corrected chi connectivity index (χ3v) is 11.6. The molecule has 13 aromatic rings. The fourth-order valence-electron chi connectivity index (χ4n) is 9.13. The maximum absolute atomic E-state index is 6.12. The quantitative estimate of drug-likeness (QED) is 0.184. The first-order valence-electron chi connectivity index (χ1n) is 18.7. The van der Waals surface area contributed by atoms with E-state index in [1.54, 1.807) is 0 Å². The monoisotopic (exact) mass is 700 g/mol. The minimum atomic E-state index is 0.906. The molecule has 0 spiro atoms. The second-order valence-electron chi connectivity index (χ2n) is 14.6. The molecule has 254 valence electrons. The number of hydrogen-bond acceptors (Lipinski definition) is 3. The van der Waals surface area contributed by atoms with Crippen molar-refractivity contribution in [1.82, 2.24) is 18.9 Å². The molecule has 5 nitrogen and oxygen atoms in total. The molecule has 0 saturated carbocycles. The van der Waals surface area contributed by atoms with E-state index in [1.165, 1.54) is 60.3 Å². The van der Waals surface area contributed by atoms with Gasteiger partial charge < -0.3 is 8.98 Å². The van der Waals surface area contributed by atoms with Crippen molar-refractivity contribution >= 4 is 93.1 Å². The van der Waals surface area contributed by atoms with E-state index >= 15 is 0 Å². The first-order chi connectivity index (χ1) is 27.2. The van der Waals surface area contributed by atoms with Crippen LogP contribution in [0.1, 0.15) is 0 Å². The molecule has 13 rings (SSSR count). The number of fused-ring (bicyclic) bond motifs is 13. The Labute approximate surface area is 313 Å². The van der Waals surface area contributed by atoms with Crippen molar-refractivity contribution < 1.29 is 4.42 Å². The van der Waals surface area contributed by atoms with Gasteiger partial charge in [-0.15, -0.1) is 0 Å². The minimum absolute atomic E-state index is 0.906. The molecule has 0 unspecified atom stereocenters. The fraction of sp³-hybridized carbons (Fsp3) is 0. The van der Waals surface area contributed by atoms with Gasteiger partial charge in [0.15, 0.2) is 5.65 Å². The highest BCUT2D eigenvalue weighted by molar-refractivity contribution is 6.22. The summed E-state index contributed by atoms with van der Waals surface area (Å²) < 4.78 is 10.8. The van der Waals surface area contributed by atoms with Crippen LogP contribution in [0.4, 0.5) is 0 Å². The largest absolute Gasteiger partial charge is 0.456 e. The summed E-state index contributed by atoms with van der Waals surface area (Å²) in [5, 5.41) is 8.33. The highest BCUT2D eigenvalue weighted by Crippen LogP contribution is 2.41. The number of aromatic nitrogens is 4. The molecule has 0 saturated heterocycles. The predicted molar refractivity (Wildman–Crippen MR) is 227 cm³/mol. The third-order valence-electron chi connectivity index (χ3n) is 11.6. The second kappa shape index (κ2) is 10.6. The summed E-state index contributed by atoms with van der Waals surface area (Å²) in [4.78, 5) is 10.2. The van der Waals surface area contributed by atoms with Crippen LogP contribution in [0.25, 0.3) is 121 Å². The van der Waals surface area contributed by atoms with Crippen LogP contribution >= 0.6 is 0 Å². The second-order valence-corrected chi connectivity index (χ2v) is 14.6. The van der Waals surface area contributed by atoms with E-state index in [4.69, 9.17) is 14.4 Å². The van der Waals surface area contributed by atoms with Gasteiger partial charge in [0.05, 0.1) is 33.1 Å². The fourth-order valence-corrected chi connectivity index (χ4v) is 9.13. The average Bonchev–Trinajstić information content (AvgIpc) is 3.98. The standard InChI is InChI=1S/C50H28N4O/c1-5-14-43-34(8-1)38-27-31(32-20-25-47-40(28-32)35-9-2-6-15-46(35)55-47)19-23-44(38)53(43)33-21-16-29(17-22-33)30-18-24-45-39(26-30)36-10-7-11-37-48-50(54(45)49(36)37)52-42-13-4-3-12-41(42)51-48/h1-28H. The van der Waals surface area contributed by atoms with Crippen molar-refractivity contribution in [1.29, 1.82) is 0 Å². The molecule has 5 heteroatoms. The molecule has 0 atom stereocenters. The Balaban J connectivity index is 0.920. The van der Waals surface area contributed by atoms with Crippen LogP contribution in [-0.2, 0) is 0 Å². The zero-order valence-corrected chi connectivity index (χ0v) is 29.4. The maximum atomic E-state index is 6.12. The Hall–Kier alpha value is -7.50. The van der Waals surface area contributed by atoms with E-state index in [1.807, 2.05) is 36.4 Å². The van der Waals surface area contributed by atoms with E-state index in [2.05, 4.69) is 142 Å². The van der Waals surface area contributed by atoms with Crippen molar-refractivity contribution in [3.05, 3.63) is 170 Å². The van der Waals surface area contributed by atoms with E-state index in [9.17, 15) is 0 Å². The van der Waals surface area contributed by atoms with Crippen molar-refractivity contribution in [2.45, 2.75) is 0 Å². The summed E-state index contributed by atoms with van der Waals surface area (Å²) in [6.07, 6.45) is 0. The van der Waals surface area contributed by atoms with E-state index in [0.29, 0.717) is 0 Å². The van der Waals surface area contributed by atoms with Crippen LogP contribution in [0.15, 0.2) is 174 Å². The number of furan rings is 1. The van der Waals surface area contributed by atoms with Gasteiger partial charge in [-0.05, 0) is 95.1 Å². The summed E-state index contributed by atoms with van der Waals surface area (Å²) in [5.41, 5.74) is 16.1. The molecule has 0 aliphatic heterocycles. The van der Waals surface area contributed by atoms with Crippen LogP contribution in [0, 0.1) is 0 Å². The lowest BCUT2D eigenvalue weighted by Gasteiger charge is -2.10. The van der Waals surface area contributed by atoms with Crippen LogP contribution in [-0.4, -0.2) is 18.9 Å². The first-order valence-corrected chi connectivity index (χ1v) is 18.7. The maximum Gasteiger partial charge on any atom is 0.165 e. The molecule has 0 fully saturated rings. The van der Waals surface area contributed by atoms with E-state index in [-0.39, 0.29) is 0 Å². The Morgan fingerprint density at radius 2 is 0.964 bits per heavy atom. The molecular formula is C50H28N4O. The third kappa shape index (κ3) is 3.96. The topological polar surface area (TPSA) is 48.3 Å². The summed E-state index contributed by atoms with van der Waals surface area (Å²) in [5.74, 6) is 0. The van der Waals surface area contributed by atoms with Crippen molar-refractivity contribution in [3.63, 3.8) is 0 Å². The van der Waals surface area contributed by atoms with Crippen LogP contribution in [0.5, 0.6) is 0 Å². The first kappa shape index (κ1) is 29.0. The van der Waals surface area contributed by atoms with Gasteiger partial charge in [0.25, 0.3) is 0 Å². The van der Waals surface area contributed by atoms with Gasteiger partial charge in [0.2, 0.25) is 0 Å². The van der Waals surface area contributed by atoms with Gasteiger partial charge in [-0.3, -0.25) is 4.40 Å². The average molecular weight is 701 g/mol. The highest BCUT2D eigenvalue weighted by atomic mass is 16.3. The Kier molecular flexibility index (Phi) is 5.57. The van der Waals surface area contributed by atoms with Crippen LogP contribution in [0.3, 0.4) is 0 Å². The van der Waals surface area contributed by atoms with Crippen LogP contribution in [0.2, 0.25) is 0 Å². The van der Waals surface area contributed by atoms with Gasteiger partial charge in [-0.1, -0.05) is 97.1 Å². The Morgan fingerprint density at radius 1 is 0.382 bits per heavy atom. The number of nitrogens with zero attached hydrogens (tertiary/aromatic N) is 4. The number of benzene rings is 8. The van der Waals surface area contributed by atoms with Crippen molar-refractivity contribution in [2.75, 3.05) is 0 Å². The normalized spacial score (nSPS) is 12.4. The van der Waals surface area contributed by atoms with Gasteiger partial charge in [-0.25, -0.2) is 9.97 Å². The molecule has 0 N–H and O–H groups in total. The minimum Gasteiger partial charge on any atom is -0.456 e. The predicted octanol–water partition coefficient (Wildman–Crippen LogP) is 13.1. The molecule has 5 heterocycles. The van der Waals surface area contributed by atoms with Gasteiger partial charge in [0.1, 0.15) is 16.7 Å². The zero-order valence-electron chi connectivity index (χ0n) is 29.4. The van der Waals surface area contributed by atoms with E-state index in [0.717, 1.165) is 60.7 Å². The smallest absolute Gasteiger partial charge is 0.165 e. The number of para-hydroxylation sites is 5. The van der Waals surface area contributed by atoms with E-state index < -0.39 is 0 Å². The van der Waals surface area contributed by atoms with Gasteiger partial charge >= 0.3 is 0 Å². The summed E-state index contributed by atoms with van der Waals surface area (Å²) in [7, 11) is 0. The lowest BCUT2D eigenvalue weighted by Crippen LogP contribution is -1.93. The Morgan fingerprint density at radius 3 is 1.82 bits per heavy atom. The van der Waals surface area contributed by atoms with Gasteiger partial charge in [0, 0.05) is 43.4 Å². The molecule has 0 aliphatic carbocycles. The van der Waals surface area contributed by atoms with Crippen LogP contribution < -0.4 is 0 Å². The molecule has 55 heavy (non-hydrogen) atoms. The SMILES string of the molecule is c1ccc2nc3c(nc2c1)c1cccc2c4cc(-c5ccc(-n6c7ccccc7c7cc(-c8ccc9oc%10ccccc%10c9c8)ccc76)cc5)ccc4n3c21. The lowest BCUT2D eigenvalue weighted by atomic mass is 10.0. The molecule has 8 aromatic carbocycles. The Bertz CT molecular complexity index is 3720. The molecular weight excluding hydrogens is 673 g/mol. The van der Waals surface area contributed by atoms with Gasteiger partial charge in [-0.2, -0.15) is 0 Å². The van der Waals surface area contributed by atoms with Crippen molar-refractivity contribution in [2.24, 2.45) is 0 Å². The molecule has 0 radical (unpaired) electrons. The molecule has 0 bridgehead atoms.